The van der Waals surface area contributed by atoms with Crippen LogP contribution < -0.4 is 9.47 Å². The molecule has 0 aromatic heterocycles. The molecule has 0 fully saturated rings. The predicted molar refractivity (Wildman–Crippen MR) is 126 cm³/mol. The van der Waals surface area contributed by atoms with Crippen LogP contribution in [0.5, 0.6) is 17.2 Å². The summed E-state index contributed by atoms with van der Waals surface area (Å²) in [7, 11) is 2.68. The number of methoxy groups -OCH3 is 2. The van der Waals surface area contributed by atoms with E-state index in [9.17, 15) is 18.0 Å². The Morgan fingerprint density at radius 1 is 0.943 bits per heavy atom. The molecule has 0 N–H and O–H groups in total. The van der Waals surface area contributed by atoms with E-state index in [0.29, 0.717) is 16.9 Å². The molecule has 35 heavy (non-hydrogen) atoms. The molecule has 3 aromatic carbocycles. The second-order valence-electron chi connectivity index (χ2n) is 7.04. The third-order valence-corrected chi connectivity index (χ3v) is 5.28. The van der Waals surface area contributed by atoms with E-state index >= 15 is 0 Å². The van der Waals surface area contributed by atoms with E-state index in [0.717, 1.165) is 12.1 Å². The summed E-state index contributed by atoms with van der Waals surface area (Å²) in [5.41, 5.74) is 0.631. The lowest BCUT2D eigenvalue weighted by Gasteiger charge is -2.15. The highest BCUT2D eigenvalue weighted by Gasteiger charge is 2.30. The van der Waals surface area contributed by atoms with Crippen LogP contribution in [0, 0.1) is 0 Å². The lowest BCUT2D eigenvalue weighted by molar-refractivity contribution is -0.137. The lowest BCUT2D eigenvalue weighted by atomic mass is 10.0. The number of halogens is 5. The average Bonchev–Trinajstić information content (AvgIpc) is 2.83. The molecule has 3 aromatic rings. The normalized spacial score (nSPS) is 11.7. The first-order valence-corrected chi connectivity index (χ1v) is 10.8. The fraction of sp³-hybridized carbons (Fsp3) is 0.160. The van der Waals surface area contributed by atoms with Crippen molar-refractivity contribution in [3.63, 3.8) is 0 Å². The summed E-state index contributed by atoms with van der Waals surface area (Å²) in [6.45, 7) is 0.0555. The van der Waals surface area contributed by atoms with Gasteiger partial charge in [-0.3, -0.25) is 0 Å². The summed E-state index contributed by atoms with van der Waals surface area (Å²) in [6, 6.07) is 14.1. The highest BCUT2D eigenvalue weighted by molar-refractivity contribution is 6.37. The number of hydrogen-bond acceptors (Lipinski definition) is 5. The molecule has 3 rings (SSSR count). The zero-order valence-corrected chi connectivity index (χ0v) is 20.0. The highest BCUT2D eigenvalue weighted by atomic mass is 35.5. The Hall–Kier alpha value is -3.36. The largest absolute Gasteiger partial charge is 0.503 e. The molecule has 0 aliphatic rings. The van der Waals surface area contributed by atoms with Crippen molar-refractivity contribution < 1.29 is 36.9 Å². The molecule has 0 unspecified atom stereocenters. The fourth-order valence-electron chi connectivity index (χ4n) is 3.07. The van der Waals surface area contributed by atoms with Gasteiger partial charge in [-0.1, -0.05) is 47.5 Å². The Bertz CT molecular complexity index is 1200. The number of ether oxygens (including phenoxy) is 4. The zero-order valence-electron chi connectivity index (χ0n) is 18.5. The van der Waals surface area contributed by atoms with Crippen LogP contribution >= 0.6 is 23.2 Å². The molecule has 0 saturated heterocycles. The van der Waals surface area contributed by atoms with Crippen LogP contribution in [0.15, 0.2) is 66.9 Å². The van der Waals surface area contributed by atoms with Crippen LogP contribution in [-0.2, 0) is 27.1 Å². The van der Waals surface area contributed by atoms with Crippen molar-refractivity contribution >= 4 is 34.7 Å². The first-order chi connectivity index (χ1) is 16.6. The minimum Gasteiger partial charge on any atom is -0.503 e. The molecule has 0 bridgehead atoms. The summed E-state index contributed by atoms with van der Waals surface area (Å²) in [5.74, 6) is -0.0680. The molecular formula is C25H19Cl2F3O5. The van der Waals surface area contributed by atoms with Gasteiger partial charge in [0.05, 0.1) is 36.1 Å². The molecule has 5 nitrogen and oxygen atoms in total. The molecule has 0 atom stereocenters. The molecule has 0 spiro atoms. The molecule has 10 heteroatoms. The van der Waals surface area contributed by atoms with E-state index in [1.54, 1.807) is 24.3 Å². The summed E-state index contributed by atoms with van der Waals surface area (Å²) in [4.78, 5) is 12.2. The molecular weight excluding hydrogens is 508 g/mol. The van der Waals surface area contributed by atoms with Gasteiger partial charge in [0.25, 0.3) is 0 Å². The van der Waals surface area contributed by atoms with Gasteiger partial charge in [-0.25, -0.2) is 4.79 Å². The van der Waals surface area contributed by atoms with Gasteiger partial charge in [0.15, 0.2) is 5.75 Å². The van der Waals surface area contributed by atoms with Crippen LogP contribution in [0.1, 0.15) is 16.7 Å². The van der Waals surface area contributed by atoms with Crippen LogP contribution in [0.25, 0.3) is 5.57 Å². The maximum absolute atomic E-state index is 12.8. The van der Waals surface area contributed by atoms with Gasteiger partial charge in [0.2, 0.25) is 0 Å². The Balaban J connectivity index is 1.78. The van der Waals surface area contributed by atoms with Crippen molar-refractivity contribution in [1.29, 1.82) is 0 Å². The molecule has 0 radical (unpaired) electrons. The average molecular weight is 527 g/mol. The predicted octanol–water partition coefficient (Wildman–Crippen LogP) is 7.54. The quantitative estimate of drug-likeness (QED) is 0.172. The first kappa shape index (κ1) is 26.2. The molecule has 0 aliphatic heterocycles. The minimum atomic E-state index is -4.46. The minimum absolute atomic E-state index is 0.0555. The van der Waals surface area contributed by atoms with E-state index < -0.39 is 17.7 Å². The van der Waals surface area contributed by atoms with Gasteiger partial charge < -0.3 is 18.9 Å². The van der Waals surface area contributed by atoms with Gasteiger partial charge in [0.1, 0.15) is 23.7 Å². The molecule has 0 saturated carbocycles. The number of alkyl halides is 3. The van der Waals surface area contributed by atoms with Crippen LogP contribution in [0.4, 0.5) is 13.2 Å². The van der Waals surface area contributed by atoms with Crippen LogP contribution in [0.2, 0.25) is 10.0 Å². The Morgan fingerprint density at radius 3 is 2.14 bits per heavy atom. The van der Waals surface area contributed by atoms with Crippen molar-refractivity contribution in [2.45, 2.75) is 12.8 Å². The Labute approximate surface area is 209 Å². The van der Waals surface area contributed by atoms with E-state index in [1.165, 1.54) is 44.7 Å². The summed E-state index contributed by atoms with van der Waals surface area (Å²) >= 11 is 12.6. The zero-order chi connectivity index (χ0) is 25.6. The summed E-state index contributed by atoms with van der Waals surface area (Å²) in [5, 5.41) is 0.186. The second kappa shape index (κ2) is 11.4. The molecule has 0 heterocycles. The first-order valence-electron chi connectivity index (χ1n) is 10.0. The van der Waals surface area contributed by atoms with Crippen molar-refractivity contribution in [3.8, 4) is 17.2 Å². The summed E-state index contributed by atoms with van der Waals surface area (Å²) < 4.78 is 59.5. The van der Waals surface area contributed by atoms with Gasteiger partial charge in [-0.15, -0.1) is 0 Å². The van der Waals surface area contributed by atoms with Gasteiger partial charge in [-0.05, 0) is 35.4 Å². The number of hydrogen-bond donors (Lipinski definition) is 0. The van der Waals surface area contributed by atoms with Crippen molar-refractivity contribution in [2.75, 3.05) is 14.2 Å². The van der Waals surface area contributed by atoms with Crippen molar-refractivity contribution in [3.05, 3.63) is 93.7 Å². The molecule has 0 aliphatic carbocycles. The fourth-order valence-corrected chi connectivity index (χ4v) is 3.61. The van der Waals surface area contributed by atoms with E-state index in [-0.39, 0.29) is 33.7 Å². The maximum atomic E-state index is 12.8. The second-order valence-corrected chi connectivity index (χ2v) is 7.86. The Morgan fingerprint density at radius 2 is 1.57 bits per heavy atom. The highest BCUT2D eigenvalue weighted by Crippen LogP contribution is 2.40. The third-order valence-electron chi connectivity index (χ3n) is 4.72. The van der Waals surface area contributed by atoms with Gasteiger partial charge in [-0.2, -0.15) is 13.2 Å². The lowest BCUT2D eigenvalue weighted by Crippen LogP contribution is -2.08. The number of carbonyl (C=O) groups is 1. The van der Waals surface area contributed by atoms with Gasteiger partial charge in [0, 0.05) is 12.1 Å². The molecule has 0 amide bonds. The van der Waals surface area contributed by atoms with Crippen molar-refractivity contribution in [2.24, 2.45) is 0 Å². The monoisotopic (exact) mass is 526 g/mol. The number of benzene rings is 3. The van der Waals surface area contributed by atoms with Crippen LogP contribution in [0.3, 0.4) is 0 Å². The van der Waals surface area contributed by atoms with Gasteiger partial charge >= 0.3 is 12.1 Å². The number of esters is 1. The Kier molecular flexibility index (Phi) is 8.53. The smallest absolute Gasteiger partial charge is 0.416 e. The summed E-state index contributed by atoms with van der Waals surface area (Å²) in [6.07, 6.45) is -3.17. The number of carbonyl (C=O) groups excluding carboxylic acids is 1. The van der Waals surface area contributed by atoms with Crippen molar-refractivity contribution in [1.82, 2.24) is 0 Å². The van der Waals surface area contributed by atoms with E-state index in [2.05, 4.69) is 0 Å². The van der Waals surface area contributed by atoms with E-state index in [1.807, 2.05) is 0 Å². The van der Waals surface area contributed by atoms with Crippen LogP contribution in [-0.4, -0.2) is 20.2 Å². The maximum Gasteiger partial charge on any atom is 0.416 e. The SMILES string of the molecule is CO/C=C(/C(=O)OC)c1ccccc1COc1cc(Cl)c(Oc2ccc(C(F)(F)F)cc2)c(Cl)c1. The number of rotatable bonds is 8. The van der Waals surface area contributed by atoms with E-state index in [4.69, 9.17) is 42.1 Å². The topological polar surface area (TPSA) is 54.0 Å². The third kappa shape index (κ3) is 6.61. The standard InChI is InChI=1S/C25H19Cl2F3O5/c1-32-14-20(24(31)33-2)19-6-4-3-5-15(19)13-34-18-11-21(26)23(22(27)12-18)35-17-9-7-16(8-10-17)25(28,29)30/h3-12,14H,13H2,1-2H3/b20-14+. The molecule has 184 valence electrons.